The fraction of sp³-hybridized carbons (Fsp3) is 0.312. The van der Waals surface area contributed by atoms with Crippen molar-refractivity contribution < 1.29 is 14.3 Å². The van der Waals surface area contributed by atoms with Crippen molar-refractivity contribution in [3.05, 3.63) is 36.0 Å². The van der Waals surface area contributed by atoms with Gasteiger partial charge in [0.2, 0.25) is 0 Å². The van der Waals surface area contributed by atoms with Crippen LogP contribution in [0.3, 0.4) is 0 Å². The number of anilines is 2. The van der Waals surface area contributed by atoms with Crippen LogP contribution in [0, 0.1) is 0 Å². The summed E-state index contributed by atoms with van der Waals surface area (Å²) >= 11 is 0. The van der Waals surface area contributed by atoms with Crippen molar-refractivity contribution in [1.29, 1.82) is 0 Å². The van der Waals surface area contributed by atoms with Crippen LogP contribution in [-0.2, 0) is 0 Å². The van der Waals surface area contributed by atoms with E-state index in [2.05, 4.69) is 15.3 Å². The zero-order valence-corrected chi connectivity index (χ0v) is 13.7. The van der Waals surface area contributed by atoms with Gasteiger partial charge in [-0.1, -0.05) is 12.1 Å². The molecule has 0 atom stereocenters. The van der Waals surface area contributed by atoms with Crippen LogP contribution in [0.15, 0.2) is 30.5 Å². The average molecular weight is 316 g/mol. The SMILES string of the molecule is CCOc1ncc(NC(=O)c2ccccc2OC)c(N(C)C)n1. The second kappa shape index (κ2) is 7.44. The highest BCUT2D eigenvalue weighted by molar-refractivity contribution is 6.07. The molecular weight excluding hydrogens is 296 g/mol. The van der Waals surface area contributed by atoms with Crippen LogP contribution in [0.4, 0.5) is 11.5 Å². The summed E-state index contributed by atoms with van der Waals surface area (Å²) in [5.41, 5.74) is 0.933. The van der Waals surface area contributed by atoms with Gasteiger partial charge in [0.05, 0.1) is 25.5 Å². The number of methoxy groups -OCH3 is 1. The summed E-state index contributed by atoms with van der Waals surface area (Å²) in [6, 6.07) is 7.28. The molecule has 0 spiro atoms. The number of aromatic nitrogens is 2. The zero-order valence-electron chi connectivity index (χ0n) is 13.7. The van der Waals surface area contributed by atoms with E-state index in [0.717, 1.165) is 0 Å². The van der Waals surface area contributed by atoms with E-state index in [1.165, 1.54) is 13.3 Å². The molecule has 1 aromatic heterocycles. The third-order valence-electron chi connectivity index (χ3n) is 3.04. The van der Waals surface area contributed by atoms with Gasteiger partial charge in [-0.25, -0.2) is 4.98 Å². The van der Waals surface area contributed by atoms with Gasteiger partial charge in [0.25, 0.3) is 5.91 Å². The Bertz CT molecular complexity index is 689. The lowest BCUT2D eigenvalue weighted by Crippen LogP contribution is -2.19. The Balaban J connectivity index is 2.30. The molecule has 2 rings (SSSR count). The highest BCUT2D eigenvalue weighted by atomic mass is 16.5. The standard InChI is InChI=1S/C16H20N4O3/c1-5-23-16-17-10-12(14(19-16)20(2)3)18-15(21)11-8-6-7-9-13(11)22-4/h6-10H,5H2,1-4H3,(H,18,21). The van der Waals surface area contributed by atoms with E-state index in [4.69, 9.17) is 9.47 Å². The molecule has 0 radical (unpaired) electrons. The molecule has 0 aliphatic rings. The van der Waals surface area contributed by atoms with E-state index < -0.39 is 0 Å². The Morgan fingerprint density at radius 3 is 2.70 bits per heavy atom. The molecular formula is C16H20N4O3. The smallest absolute Gasteiger partial charge is 0.318 e. The molecule has 7 heteroatoms. The molecule has 7 nitrogen and oxygen atoms in total. The fourth-order valence-corrected chi connectivity index (χ4v) is 2.01. The van der Waals surface area contributed by atoms with Crippen LogP contribution in [-0.4, -0.2) is 43.7 Å². The first-order valence-electron chi connectivity index (χ1n) is 7.18. The molecule has 0 fully saturated rings. The van der Waals surface area contributed by atoms with Crippen LogP contribution < -0.4 is 19.7 Å². The van der Waals surface area contributed by atoms with Crippen molar-refractivity contribution in [2.24, 2.45) is 0 Å². The van der Waals surface area contributed by atoms with Crippen LogP contribution in [0.25, 0.3) is 0 Å². The second-order valence-corrected chi connectivity index (χ2v) is 4.87. The summed E-state index contributed by atoms with van der Waals surface area (Å²) in [5, 5.41) is 2.81. The van der Waals surface area contributed by atoms with Gasteiger partial charge in [-0.15, -0.1) is 0 Å². The molecule has 1 N–H and O–H groups in total. The Labute approximate surface area is 135 Å². The molecule has 0 unspecified atom stereocenters. The maximum atomic E-state index is 12.5. The summed E-state index contributed by atoms with van der Waals surface area (Å²) in [7, 11) is 5.19. The van der Waals surface area contributed by atoms with E-state index in [0.29, 0.717) is 29.4 Å². The van der Waals surface area contributed by atoms with E-state index in [1.54, 1.807) is 29.2 Å². The third kappa shape index (κ3) is 3.88. The molecule has 1 heterocycles. The van der Waals surface area contributed by atoms with Gasteiger partial charge < -0.3 is 19.7 Å². The number of benzene rings is 1. The number of ether oxygens (including phenoxy) is 2. The summed E-state index contributed by atoms with van der Waals surface area (Å²) in [5.74, 6) is 0.772. The molecule has 0 bridgehead atoms. The summed E-state index contributed by atoms with van der Waals surface area (Å²) in [6.45, 7) is 2.33. The first kappa shape index (κ1) is 16.5. The highest BCUT2D eigenvalue weighted by Gasteiger charge is 2.16. The van der Waals surface area contributed by atoms with Crippen LogP contribution >= 0.6 is 0 Å². The molecule has 0 saturated carbocycles. The predicted molar refractivity (Wildman–Crippen MR) is 88.5 cm³/mol. The Hall–Kier alpha value is -2.83. The lowest BCUT2D eigenvalue weighted by atomic mass is 10.2. The van der Waals surface area contributed by atoms with Crippen molar-refractivity contribution in [1.82, 2.24) is 9.97 Å². The van der Waals surface area contributed by atoms with Crippen molar-refractivity contribution in [3.63, 3.8) is 0 Å². The minimum atomic E-state index is -0.293. The normalized spacial score (nSPS) is 10.1. The third-order valence-corrected chi connectivity index (χ3v) is 3.04. The van der Waals surface area contributed by atoms with Gasteiger partial charge in [0, 0.05) is 14.1 Å². The maximum absolute atomic E-state index is 12.5. The van der Waals surface area contributed by atoms with E-state index in [-0.39, 0.29) is 11.9 Å². The van der Waals surface area contributed by atoms with Gasteiger partial charge in [-0.05, 0) is 19.1 Å². The Morgan fingerprint density at radius 1 is 1.30 bits per heavy atom. The van der Waals surface area contributed by atoms with E-state index in [9.17, 15) is 4.79 Å². The van der Waals surface area contributed by atoms with Crippen molar-refractivity contribution in [2.45, 2.75) is 6.92 Å². The lowest BCUT2D eigenvalue weighted by molar-refractivity contribution is 0.102. The topological polar surface area (TPSA) is 76.6 Å². The number of nitrogens with zero attached hydrogens (tertiary/aromatic N) is 3. The molecule has 1 amide bonds. The van der Waals surface area contributed by atoms with Crippen molar-refractivity contribution >= 4 is 17.4 Å². The molecule has 0 aliphatic carbocycles. The summed E-state index contributed by atoms with van der Waals surface area (Å²) in [4.78, 5) is 22.7. The van der Waals surface area contributed by atoms with Crippen LogP contribution in [0.5, 0.6) is 11.8 Å². The Kier molecular flexibility index (Phi) is 5.35. The van der Waals surface area contributed by atoms with Gasteiger partial charge in [-0.3, -0.25) is 4.79 Å². The van der Waals surface area contributed by atoms with Gasteiger partial charge in [0.15, 0.2) is 5.82 Å². The fourth-order valence-electron chi connectivity index (χ4n) is 2.01. The van der Waals surface area contributed by atoms with Crippen LogP contribution in [0.2, 0.25) is 0 Å². The van der Waals surface area contributed by atoms with Crippen LogP contribution in [0.1, 0.15) is 17.3 Å². The van der Waals surface area contributed by atoms with Gasteiger partial charge in [-0.2, -0.15) is 4.98 Å². The number of para-hydroxylation sites is 1. The summed E-state index contributed by atoms with van der Waals surface area (Å²) < 4.78 is 10.5. The molecule has 1 aromatic carbocycles. The first-order chi connectivity index (χ1) is 11.1. The van der Waals surface area contributed by atoms with Crippen molar-refractivity contribution in [3.8, 4) is 11.8 Å². The lowest BCUT2D eigenvalue weighted by Gasteiger charge is -2.17. The highest BCUT2D eigenvalue weighted by Crippen LogP contribution is 2.25. The monoisotopic (exact) mass is 316 g/mol. The predicted octanol–water partition coefficient (Wildman–Crippen LogP) is 2.20. The maximum Gasteiger partial charge on any atom is 0.318 e. The van der Waals surface area contributed by atoms with E-state index in [1.807, 2.05) is 21.0 Å². The number of carbonyl (C=O) groups is 1. The Morgan fingerprint density at radius 2 is 2.04 bits per heavy atom. The molecule has 0 saturated heterocycles. The summed E-state index contributed by atoms with van der Waals surface area (Å²) in [6.07, 6.45) is 1.53. The number of hydrogen-bond donors (Lipinski definition) is 1. The first-order valence-corrected chi connectivity index (χ1v) is 7.18. The number of carbonyl (C=O) groups excluding carboxylic acids is 1. The zero-order chi connectivity index (χ0) is 16.8. The number of hydrogen-bond acceptors (Lipinski definition) is 6. The quantitative estimate of drug-likeness (QED) is 0.880. The number of nitrogens with one attached hydrogen (secondary N) is 1. The van der Waals surface area contributed by atoms with Crippen molar-refractivity contribution in [2.75, 3.05) is 38.0 Å². The average Bonchev–Trinajstić information content (AvgIpc) is 2.56. The number of rotatable bonds is 6. The molecule has 2 aromatic rings. The minimum absolute atomic E-state index is 0.270. The van der Waals surface area contributed by atoms with Gasteiger partial charge >= 0.3 is 6.01 Å². The molecule has 0 aliphatic heterocycles. The molecule has 122 valence electrons. The number of amides is 1. The van der Waals surface area contributed by atoms with E-state index >= 15 is 0 Å². The largest absolute Gasteiger partial charge is 0.496 e. The molecule has 23 heavy (non-hydrogen) atoms. The second-order valence-electron chi connectivity index (χ2n) is 4.87. The van der Waals surface area contributed by atoms with Gasteiger partial charge in [0.1, 0.15) is 11.4 Å². The minimum Gasteiger partial charge on any atom is -0.496 e.